The Morgan fingerprint density at radius 2 is 0.990 bits per heavy atom. The number of carboxylic acids is 2. The summed E-state index contributed by atoms with van der Waals surface area (Å²) in [5.74, 6) is -15.2. The first kappa shape index (κ1) is 80.5. The molecule has 6 fully saturated rings. The van der Waals surface area contributed by atoms with Gasteiger partial charge in [0.2, 0.25) is 24.1 Å². The second kappa shape index (κ2) is 35.2. The molecule has 33 atom stereocenters. The zero-order valence-corrected chi connectivity index (χ0v) is 50.9. The summed E-state index contributed by atoms with van der Waals surface area (Å²) in [4.78, 5) is 76.7. The molecule has 26 N–H and O–H groups in total. The predicted molar refractivity (Wildman–Crippen MR) is 294 cm³/mol. The number of hydrogen-bond donors (Lipinski definition) is 26. The lowest BCUT2D eigenvalue weighted by Crippen LogP contribution is -2.73. The molecule has 6 aliphatic heterocycles. The van der Waals surface area contributed by atoms with Crippen molar-refractivity contribution in [1.82, 2.24) is 21.3 Å². The van der Waals surface area contributed by atoms with Gasteiger partial charge in [-0.1, -0.05) is 0 Å². The number of aliphatic hydroxyl groups is 20. The number of amides is 4. The molecule has 96 heavy (non-hydrogen) atoms. The van der Waals surface area contributed by atoms with Crippen LogP contribution in [0.25, 0.3) is 0 Å². The van der Waals surface area contributed by atoms with E-state index in [0.717, 1.165) is 13.8 Å². The summed E-state index contributed by atoms with van der Waals surface area (Å²) in [5, 5.41) is 249. The van der Waals surface area contributed by atoms with Crippen molar-refractivity contribution in [2.45, 2.75) is 228 Å². The van der Waals surface area contributed by atoms with Crippen molar-refractivity contribution in [3.05, 3.63) is 0 Å². The van der Waals surface area contributed by atoms with Gasteiger partial charge in [-0.05, 0) is 0 Å². The molecule has 0 unspecified atom stereocenters. The van der Waals surface area contributed by atoms with E-state index in [9.17, 15) is 141 Å². The van der Waals surface area contributed by atoms with Crippen LogP contribution < -0.4 is 21.3 Å². The highest BCUT2D eigenvalue weighted by Gasteiger charge is 2.64. The summed E-state index contributed by atoms with van der Waals surface area (Å²) >= 11 is 0. The minimum Gasteiger partial charge on any atom is -0.477 e. The smallest absolute Gasteiger partial charge is 0.364 e. The molecule has 0 bridgehead atoms. The Balaban J connectivity index is 1.47. The van der Waals surface area contributed by atoms with Crippen molar-refractivity contribution in [3.63, 3.8) is 0 Å². The Bertz CT molecular complexity index is 2520. The SMILES string of the molecule is CC(=O)N[C@H]1[C@H](O[C@@H]2[C@H](O[C@]3(C(=O)O)C[C@H](O)[C@@H](NC(=O)CO)[C@H]([C@H](O)[C@@H](CO)O[C@]4(C(=O)O)C[C@H](O)[C@@H](NC(C)=O)[C@H]([C@H](O)[C@H](O)CO)O4)O3)[C@@H](O)[C@H](O[C@H]3[C@H](O)[C@@H](O)[C@H](OC[C@@H](CO)NC=O)O[C@@H]3CO)O[C@@H]2CO)O[C@H](CO)[C@H](O)[C@@H]1O[C@@H]1O[C@H](CO)[C@H](O)[C@H](O)[C@H]1O. The van der Waals surface area contributed by atoms with Crippen molar-refractivity contribution in [2.75, 3.05) is 59.5 Å². The first-order valence-electron chi connectivity index (χ1n) is 29.8. The van der Waals surface area contributed by atoms with Crippen LogP contribution in [0.15, 0.2) is 0 Å². The van der Waals surface area contributed by atoms with Crippen molar-refractivity contribution in [3.8, 4) is 0 Å². The van der Waals surface area contributed by atoms with Gasteiger partial charge in [-0.3, -0.25) is 19.2 Å². The van der Waals surface area contributed by atoms with Gasteiger partial charge in [0.1, 0.15) is 141 Å². The maximum atomic E-state index is 14.1. The number of carbonyl (C=O) groups is 6. The quantitative estimate of drug-likeness (QED) is 0.0278. The molecule has 0 aliphatic carbocycles. The fourth-order valence-electron chi connectivity index (χ4n) is 11.7. The van der Waals surface area contributed by atoms with Gasteiger partial charge in [0.05, 0.1) is 83.2 Å². The van der Waals surface area contributed by atoms with Crippen LogP contribution in [0, 0.1) is 0 Å². The van der Waals surface area contributed by atoms with Crippen LogP contribution in [0.4, 0.5) is 0 Å². The summed E-state index contributed by atoms with van der Waals surface area (Å²) in [6, 6.07) is -7.22. The second-order valence-corrected chi connectivity index (χ2v) is 23.3. The minimum atomic E-state index is -3.74. The molecule has 4 amide bonds. The standard InChI is InChI=1S/C52H86N4O40/c1-15(66)54-27-18(68)3-51(49(81)82,94-42(27)30(72)20(70)6-58)93-23(9-61)33(75)43-28(56-26(71)12-64)19(69)4-52(95-43,50(83)84)96-44-38(80)48(90-39-24(10-62)88-46(37(79)35(39)77)85-13-17(5-57)53-14-65)89-25(11-63)40(44)91-45-29(55-16(2)67)41(32(74)22(8-60)86-45)92-47-36(78)34(76)31(73)21(7-59)87-47/h14,17-25,27-48,57-64,68-70,72-80H,3-13H2,1-2H3,(H,53,65)(H,54,66)(H,55,67)(H,56,71)(H,81,82)(H,83,84)/t17-,18+,19+,20-,21-,22-,23-,24-,25-,27-,28-,29-,30-,31+,32+,33-,34+,35-,36-,37-,38-,39-,40+,41-,42-,43-,44-,45+,46-,47+,48+,51-,52+/m1/s1. The average Bonchev–Trinajstić information content (AvgIpc) is 0.750. The molecule has 0 spiro atoms. The van der Waals surface area contributed by atoms with E-state index in [4.69, 9.17) is 56.8 Å². The van der Waals surface area contributed by atoms with Crippen LogP contribution in [-0.4, -0.2) is 409 Å². The third-order valence-corrected chi connectivity index (χ3v) is 16.7. The van der Waals surface area contributed by atoms with Crippen LogP contribution in [0.3, 0.4) is 0 Å². The van der Waals surface area contributed by atoms with Crippen LogP contribution in [-0.2, 0) is 85.6 Å². The predicted octanol–water partition coefficient (Wildman–Crippen LogP) is -17.2. The molecule has 0 aromatic carbocycles. The lowest BCUT2D eigenvalue weighted by Gasteiger charge is -2.53. The van der Waals surface area contributed by atoms with E-state index in [-0.39, 0.29) is 6.41 Å². The van der Waals surface area contributed by atoms with E-state index in [1.54, 1.807) is 0 Å². The van der Waals surface area contributed by atoms with Gasteiger partial charge in [0.25, 0.3) is 11.6 Å². The van der Waals surface area contributed by atoms with E-state index in [0.29, 0.717) is 0 Å². The van der Waals surface area contributed by atoms with Gasteiger partial charge in [-0.2, -0.15) is 0 Å². The van der Waals surface area contributed by atoms with E-state index in [1.807, 2.05) is 5.32 Å². The maximum absolute atomic E-state index is 14.1. The maximum Gasteiger partial charge on any atom is 0.364 e. The van der Waals surface area contributed by atoms with E-state index < -0.39 is 303 Å². The first-order valence-corrected chi connectivity index (χ1v) is 29.8. The van der Waals surface area contributed by atoms with E-state index >= 15 is 0 Å². The van der Waals surface area contributed by atoms with E-state index in [1.165, 1.54) is 0 Å². The molecule has 6 aliphatic rings. The number of aliphatic hydroxyl groups excluding tert-OH is 20. The van der Waals surface area contributed by atoms with Crippen molar-refractivity contribution >= 4 is 36.1 Å². The molecule has 6 rings (SSSR count). The van der Waals surface area contributed by atoms with Crippen molar-refractivity contribution < 1.29 is 198 Å². The summed E-state index contributed by atoms with van der Waals surface area (Å²) in [6.45, 7) is -8.55. The summed E-state index contributed by atoms with van der Waals surface area (Å²) < 4.78 is 69.8. The lowest BCUT2D eigenvalue weighted by atomic mass is 9.87. The largest absolute Gasteiger partial charge is 0.477 e. The Morgan fingerprint density at radius 3 is 1.53 bits per heavy atom. The third-order valence-electron chi connectivity index (χ3n) is 16.7. The highest BCUT2D eigenvalue weighted by molar-refractivity contribution is 5.78. The molecule has 554 valence electrons. The molecule has 0 radical (unpaired) electrons. The summed E-state index contributed by atoms with van der Waals surface area (Å²) in [6.07, 6.45) is -63.9. The van der Waals surface area contributed by atoms with Gasteiger partial charge in [0.15, 0.2) is 25.2 Å². The van der Waals surface area contributed by atoms with Crippen LogP contribution in [0.1, 0.15) is 26.7 Å². The number of carbonyl (C=O) groups excluding carboxylic acids is 4. The number of hydrogen-bond acceptors (Lipinski definition) is 38. The molecule has 0 aromatic rings. The Kier molecular flexibility index (Phi) is 29.5. The zero-order valence-electron chi connectivity index (χ0n) is 50.9. The molecule has 0 aromatic heterocycles. The molecule has 44 heteroatoms. The fraction of sp³-hybridized carbons (Fsp3) is 0.885. The lowest BCUT2D eigenvalue weighted by molar-refractivity contribution is -0.404. The number of rotatable bonds is 32. The van der Waals surface area contributed by atoms with E-state index in [2.05, 4.69) is 16.0 Å². The summed E-state index contributed by atoms with van der Waals surface area (Å²) in [5.41, 5.74) is 0. The van der Waals surface area contributed by atoms with Crippen LogP contribution >= 0.6 is 0 Å². The molecular weight excluding hydrogens is 1320 g/mol. The molecule has 6 heterocycles. The van der Waals surface area contributed by atoms with Gasteiger partial charge >= 0.3 is 11.9 Å². The Morgan fingerprint density at radius 1 is 0.510 bits per heavy atom. The highest BCUT2D eigenvalue weighted by Crippen LogP contribution is 2.42. The zero-order chi connectivity index (χ0) is 71.6. The molecule has 0 saturated carbocycles. The molecule has 6 saturated heterocycles. The number of ether oxygens (including phenoxy) is 12. The monoisotopic (exact) mass is 1410 g/mol. The highest BCUT2D eigenvalue weighted by atomic mass is 16.8. The average molecular weight is 1410 g/mol. The number of nitrogens with one attached hydrogen (secondary N) is 4. The third kappa shape index (κ3) is 18.0. The van der Waals surface area contributed by atoms with Crippen LogP contribution in [0.2, 0.25) is 0 Å². The first-order chi connectivity index (χ1) is 45.3. The van der Waals surface area contributed by atoms with Gasteiger partial charge < -0.3 is 190 Å². The van der Waals surface area contributed by atoms with Gasteiger partial charge in [-0.15, -0.1) is 0 Å². The Labute approximate surface area is 541 Å². The van der Waals surface area contributed by atoms with Gasteiger partial charge in [0, 0.05) is 26.7 Å². The van der Waals surface area contributed by atoms with Crippen molar-refractivity contribution in [1.29, 1.82) is 0 Å². The molecular formula is C52H86N4O40. The Hall–Kier alpha value is -4.46. The van der Waals surface area contributed by atoms with Crippen LogP contribution in [0.5, 0.6) is 0 Å². The fourth-order valence-corrected chi connectivity index (χ4v) is 11.7. The summed E-state index contributed by atoms with van der Waals surface area (Å²) in [7, 11) is 0. The second-order valence-electron chi connectivity index (χ2n) is 23.3. The normalized spacial score (nSPS) is 42.1. The van der Waals surface area contributed by atoms with Gasteiger partial charge in [-0.25, -0.2) is 9.59 Å². The number of aliphatic carboxylic acids is 2. The minimum absolute atomic E-state index is 0.198. The number of carboxylic acid groups (broad SMARTS) is 2. The van der Waals surface area contributed by atoms with Crippen molar-refractivity contribution in [2.24, 2.45) is 0 Å². The molecule has 44 nitrogen and oxygen atoms in total. The topological polar surface area (TPSA) is 706 Å².